The third kappa shape index (κ3) is 6.02. The number of nitrogens with one attached hydrogen (secondary N) is 1. The molecule has 0 radical (unpaired) electrons. The number of rotatable bonds is 6. The van der Waals surface area contributed by atoms with Crippen molar-refractivity contribution in [3.05, 3.63) is 70.3 Å². The zero-order valence-electron chi connectivity index (χ0n) is 22.4. The van der Waals surface area contributed by atoms with E-state index in [1.807, 2.05) is 6.92 Å². The van der Waals surface area contributed by atoms with Gasteiger partial charge in [-0.2, -0.15) is 13.2 Å². The first-order chi connectivity index (χ1) is 19.3. The van der Waals surface area contributed by atoms with Gasteiger partial charge in [-0.15, -0.1) is 0 Å². The average Bonchev–Trinajstić information content (AvgIpc) is 3.50. The Morgan fingerprint density at radius 3 is 2.51 bits per heavy atom. The van der Waals surface area contributed by atoms with E-state index in [-0.39, 0.29) is 55.4 Å². The quantitative estimate of drug-likeness (QED) is 0.535. The fourth-order valence-corrected chi connectivity index (χ4v) is 7.03. The number of hydrogen-bond donors (Lipinski definition) is 2. The average molecular weight is 593 g/mol. The maximum atomic E-state index is 13.2. The van der Waals surface area contributed by atoms with E-state index in [9.17, 15) is 36.3 Å². The van der Waals surface area contributed by atoms with Crippen molar-refractivity contribution in [2.75, 3.05) is 31.9 Å². The predicted octanol–water partition coefficient (Wildman–Crippen LogP) is 2.50. The van der Waals surface area contributed by atoms with Crippen molar-refractivity contribution < 1.29 is 36.3 Å². The normalized spacial score (nSPS) is 21.3. The molecule has 3 aliphatic rings. The van der Waals surface area contributed by atoms with Gasteiger partial charge in [-0.25, -0.2) is 12.7 Å². The number of piperidine rings is 1. The van der Waals surface area contributed by atoms with E-state index in [0.717, 1.165) is 23.3 Å². The third-order valence-electron chi connectivity index (χ3n) is 8.06. The van der Waals surface area contributed by atoms with E-state index in [4.69, 9.17) is 0 Å². The van der Waals surface area contributed by atoms with Crippen LogP contribution in [0.25, 0.3) is 0 Å². The summed E-state index contributed by atoms with van der Waals surface area (Å²) in [5, 5.41) is 12.3. The van der Waals surface area contributed by atoms with Crippen LogP contribution in [0.3, 0.4) is 0 Å². The summed E-state index contributed by atoms with van der Waals surface area (Å²) in [5.74, 6) is -0.718. The summed E-state index contributed by atoms with van der Waals surface area (Å²) in [6.45, 7) is 2.73. The summed E-state index contributed by atoms with van der Waals surface area (Å²) < 4.78 is 67.0. The third-order valence-corrected chi connectivity index (χ3v) is 9.93. The highest BCUT2D eigenvalue weighted by Gasteiger charge is 2.47. The molecule has 3 aliphatic heterocycles. The molecule has 2 amide bonds. The van der Waals surface area contributed by atoms with Gasteiger partial charge in [0.15, 0.2) is 0 Å². The van der Waals surface area contributed by atoms with E-state index in [1.54, 1.807) is 23.1 Å². The summed E-state index contributed by atoms with van der Waals surface area (Å²) in [7, 11) is -3.67. The van der Waals surface area contributed by atoms with E-state index in [1.165, 1.54) is 16.4 Å². The maximum Gasteiger partial charge on any atom is 0.416 e. The highest BCUT2D eigenvalue weighted by atomic mass is 32.2. The van der Waals surface area contributed by atoms with Crippen molar-refractivity contribution in [3.63, 3.8) is 0 Å². The summed E-state index contributed by atoms with van der Waals surface area (Å²) in [6, 6.07) is 9.72. The number of aliphatic imine (C=N–C) groups is 1. The predicted molar refractivity (Wildman–Crippen MR) is 145 cm³/mol. The van der Waals surface area contributed by atoms with E-state index < -0.39 is 39.3 Å². The number of halogens is 3. The van der Waals surface area contributed by atoms with E-state index in [0.29, 0.717) is 25.1 Å². The molecule has 2 aromatic rings. The van der Waals surface area contributed by atoms with Crippen LogP contribution in [0.1, 0.15) is 51.9 Å². The number of amidine groups is 1. The summed E-state index contributed by atoms with van der Waals surface area (Å²) in [6.07, 6.45) is -4.03. The van der Waals surface area contributed by atoms with Gasteiger partial charge in [0, 0.05) is 37.3 Å². The van der Waals surface area contributed by atoms with Gasteiger partial charge in [0.1, 0.15) is 11.4 Å². The molecule has 0 saturated carbocycles. The molecule has 0 aliphatic carbocycles. The number of alkyl halides is 3. The number of aliphatic hydroxyl groups excluding tert-OH is 1. The van der Waals surface area contributed by atoms with E-state index in [2.05, 4.69) is 10.3 Å². The van der Waals surface area contributed by atoms with Gasteiger partial charge < -0.3 is 15.3 Å². The van der Waals surface area contributed by atoms with Crippen molar-refractivity contribution in [2.24, 2.45) is 4.99 Å². The van der Waals surface area contributed by atoms with Gasteiger partial charge in [0.05, 0.1) is 17.4 Å². The lowest BCUT2D eigenvalue weighted by atomic mass is 9.89. The molecule has 0 aromatic heterocycles. The highest BCUT2D eigenvalue weighted by molar-refractivity contribution is 7.89. The second-order valence-electron chi connectivity index (χ2n) is 10.8. The molecular formula is C28H31F3N4O5S. The number of aliphatic hydroxyl groups is 1. The second kappa shape index (κ2) is 10.8. The number of nitrogens with zero attached hydrogens (tertiary/aromatic N) is 3. The van der Waals surface area contributed by atoms with Crippen LogP contribution in [0.5, 0.6) is 0 Å². The monoisotopic (exact) mass is 592 g/mol. The molecule has 13 heteroatoms. The molecule has 2 N–H and O–H groups in total. The number of sulfonamides is 1. The Hall–Kier alpha value is -3.29. The molecule has 3 heterocycles. The Kier molecular flexibility index (Phi) is 7.72. The summed E-state index contributed by atoms with van der Waals surface area (Å²) in [5.41, 5.74) is 0.148. The molecule has 2 fully saturated rings. The Bertz CT molecular complexity index is 1500. The number of hydrogen-bond acceptors (Lipinski definition) is 6. The molecular weight excluding hydrogens is 561 g/mol. The minimum absolute atomic E-state index is 0.0516. The van der Waals surface area contributed by atoms with Crippen molar-refractivity contribution in [1.29, 1.82) is 0 Å². The second-order valence-corrected chi connectivity index (χ2v) is 12.9. The van der Waals surface area contributed by atoms with Crippen molar-refractivity contribution in [2.45, 2.75) is 50.4 Å². The van der Waals surface area contributed by atoms with Crippen LogP contribution in [-0.4, -0.2) is 84.0 Å². The summed E-state index contributed by atoms with van der Waals surface area (Å²) in [4.78, 5) is 31.6. The minimum Gasteiger partial charge on any atom is -0.391 e. The molecule has 220 valence electrons. The van der Waals surface area contributed by atoms with Gasteiger partial charge in [-0.05, 0) is 68.0 Å². The molecule has 0 unspecified atom stereocenters. The largest absolute Gasteiger partial charge is 0.416 e. The maximum absolute atomic E-state index is 13.2. The van der Waals surface area contributed by atoms with Gasteiger partial charge >= 0.3 is 6.18 Å². The number of likely N-dealkylation sites (tertiary alicyclic amines) is 1. The number of aryl methyl sites for hydroxylation is 2. The number of amides is 2. The standard InChI is InChI=1S/C28H31F3N4O5S/c1-18-15-21(25(37)34-11-7-23(36)17-34)6-5-19(18)8-14-41(39,40)35-12-9-27(10-13-35)26(38)32-24(33-27)20-3-2-4-22(16-20)28(29,30)31/h2-6,15-16,23,36H,7-14,17H2,1H3,(H,32,33,38)/t23-/m0/s1. The number of benzene rings is 2. The van der Waals surface area contributed by atoms with Crippen LogP contribution in [0, 0.1) is 6.92 Å². The SMILES string of the molecule is Cc1cc(C(=O)N2CC[C@H](O)C2)ccc1CCS(=O)(=O)N1CCC2(CC1)N=C(c1cccc(C(F)(F)F)c1)NC2=O. The van der Waals surface area contributed by atoms with Gasteiger partial charge in [0.2, 0.25) is 10.0 Å². The lowest BCUT2D eigenvalue weighted by molar-refractivity contribution is -0.137. The van der Waals surface area contributed by atoms with Crippen molar-refractivity contribution >= 4 is 27.7 Å². The Morgan fingerprint density at radius 2 is 1.88 bits per heavy atom. The van der Waals surface area contributed by atoms with Gasteiger partial charge in [-0.1, -0.05) is 18.2 Å². The number of carbonyl (C=O) groups excluding carboxylic acids is 2. The molecule has 2 aromatic carbocycles. The smallest absolute Gasteiger partial charge is 0.391 e. The highest BCUT2D eigenvalue weighted by Crippen LogP contribution is 2.34. The molecule has 2 saturated heterocycles. The van der Waals surface area contributed by atoms with Crippen molar-refractivity contribution in [1.82, 2.24) is 14.5 Å². The van der Waals surface area contributed by atoms with Crippen LogP contribution in [-0.2, 0) is 27.4 Å². The first-order valence-corrected chi connectivity index (χ1v) is 15.0. The molecule has 5 rings (SSSR count). The first-order valence-electron chi connectivity index (χ1n) is 13.4. The minimum atomic E-state index is -4.54. The van der Waals surface area contributed by atoms with Gasteiger partial charge in [0.25, 0.3) is 11.8 Å². The van der Waals surface area contributed by atoms with Crippen LogP contribution in [0.2, 0.25) is 0 Å². The topological polar surface area (TPSA) is 119 Å². The first kappa shape index (κ1) is 29.2. The van der Waals surface area contributed by atoms with Gasteiger partial charge in [-0.3, -0.25) is 14.6 Å². The van der Waals surface area contributed by atoms with Crippen LogP contribution in [0.4, 0.5) is 13.2 Å². The Balaban J connectivity index is 1.21. The molecule has 1 spiro atoms. The number of β-amino-alcohol motifs (C(OH)–C–C–N with tert-alkyl or cyclic N) is 1. The molecule has 41 heavy (non-hydrogen) atoms. The van der Waals surface area contributed by atoms with Crippen LogP contribution < -0.4 is 5.32 Å². The Labute approximate surface area is 236 Å². The van der Waals surface area contributed by atoms with Crippen LogP contribution >= 0.6 is 0 Å². The van der Waals surface area contributed by atoms with Crippen LogP contribution in [0.15, 0.2) is 47.5 Å². The summed E-state index contributed by atoms with van der Waals surface area (Å²) >= 11 is 0. The zero-order chi connectivity index (χ0) is 29.6. The molecule has 0 bridgehead atoms. The molecule has 9 nitrogen and oxygen atoms in total. The zero-order valence-corrected chi connectivity index (χ0v) is 23.3. The lowest BCUT2D eigenvalue weighted by Gasteiger charge is -2.34. The fraction of sp³-hybridized carbons (Fsp3) is 0.464. The lowest BCUT2D eigenvalue weighted by Crippen LogP contribution is -2.50. The number of carbonyl (C=O) groups is 2. The van der Waals surface area contributed by atoms with Crippen molar-refractivity contribution in [3.8, 4) is 0 Å². The van der Waals surface area contributed by atoms with E-state index >= 15 is 0 Å². The Morgan fingerprint density at radius 1 is 1.15 bits per heavy atom. The fourth-order valence-electron chi connectivity index (χ4n) is 5.56. The molecule has 1 atom stereocenters.